The fourth-order valence-electron chi connectivity index (χ4n) is 9.76. The first-order chi connectivity index (χ1) is 50.7. The maximum atomic E-state index is 13.1. The zero-order chi connectivity index (χ0) is 76.0. The second kappa shape index (κ2) is 75.6. The fraction of sp³-hybridized carbons (Fsp3) is 0.624. The van der Waals surface area contributed by atoms with Crippen molar-refractivity contribution >= 4 is 39.5 Å². The minimum atomic E-state index is -5.00. The second-order valence-corrected chi connectivity index (χ2v) is 28.4. The minimum Gasteiger partial charge on any atom is -0.462 e. The SMILES string of the molecule is CC/C=C\C/C=C\C/C=C\C/C=C\C/C=C\CCCCCC(=O)OCC(COP(=O)(O)OCC(O)COP(=O)(O)OCC(COC(=O)CCCCCCCCC/C=C\C/C=C\C/C=C\CC)OC(=O)CCCC/C=C\C/C=C\C/C=C\C/C=C\CC)OC(=O)CCCCCCC/C=C\C/C=C\CCC. The fourth-order valence-corrected chi connectivity index (χ4v) is 11.3. The van der Waals surface area contributed by atoms with E-state index >= 15 is 0 Å². The normalized spacial score (nSPS) is 14.8. The van der Waals surface area contributed by atoms with Gasteiger partial charge in [0.15, 0.2) is 12.2 Å². The third-order valence-corrected chi connectivity index (χ3v) is 17.5. The molecule has 0 rings (SSSR count). The quantitative estimate of drug-likeness (QED) is 0.0169. The highest BCUT2D eigenvalue weighted by Crippen LogP contribution is 2.45. The highest BCUT2D eigenvalue weighted by molar-refractivity contribution is 7.47. The van der Waals surface area contributed by atoms with Crippen molar-refractivity contribution in [2.45, 2.75) is 303 Å². The van der Waals surface area contributed by atoms with E-state index in [9.17, 15) is 43.2 Å². The van der Waals surface area contributed by atoms with Crippen LogP contribution in [0.25, 0.3) is 0 Å². The van der Waals surface area contributed by atoms with Crippen molar-refractivity contribution in [1.29, 1.82) is 0 Å². The van der Waals surface area contributed by atoms with Crippen molar-refractivity contribution in [3.05, 3.63) is 170 Å². The summed E-state index contributed by atoms with van der Waals surface area (Å²) >= 11 is 0. The first-order valence-corrected chi connectivity index (χ1v) is 42.4. The number of carbonyl (C=O) groups excluding carboxylic acids is 4. The highest BCUT2D eigenvalue weighted by Gasteiger charge is 2.30. The maximum absolute atomic E-state index is 13.1. The van der Waals surface area contributed by atoms with E-state index < -0.39 is 97.5 Å². The Hall–Kier alpha value is -5.58. The summed E-state index contributed by atoms with van der Waals surface area (Å²) in [6.45, 7) is 4.34. The van der Waals surface area contributed by atoms with Gasteiger partial charge in [0.2, 0.25) is 0 Å². The number of allylic oxidation sites excluding steroid dienone is 28. The summed E-state index contributed by atoms with van der Waals surface area (Å²) in [6.07, 6.45) is 89.1. The largest absolute Gasteiger partial charge is 0.472 e. The lowest BCUT2D eigenvalue weighted by atomic mass is 10.1. The average Bonchev–Trinajstić information content (AvgIpc) is 0.939. The van der Waals surface area contributed by atoms with Crippen LogP contribution in [-0.2, 0) is 65.4 Å². The summed E-state index contributed by atoms with van der Waals surface area (Å²) in [5.74, 6) is -2.30. The van der Waals surface area contributed by atoms with Gasteiger partial charge in [-0.15, -0.1) is 0 Å². The Morgan fingerprint density at radius 1 is 0.279 bits per heavy atom. The summed E-state index contributed by atoms with van der Waals surface area (Å²) in [6, 6.07) is 0. The van der Waals surface area contributed by atoms with Crippen molar-refractivity contribution in [1.82, 2.24) is 0 Å². The van der Waals surface area contributed by atoms with Gasteiger partial charge in [0, 0.05) is 25.7 Å². The molecule has 0 aliphatic heterocycles. The number of hydrogen-bond donors (Lipinski definition) is 3. The van der Waals surface area contributed by atoms with E-state index in [2.05, 4.69) is 198 Å². The van der Waals surface area contributed by atoms with Crippen LogP contribution in [0.15, 0.2) is 170 Å². The molecule has 0 saturated heterocycles. The second-order valence-electron chi connectivity index (χ2n) is 25.5. The number of hydrogen-bond acceptors (Lipinski definition) is 15. The van der Waals surface area contributed by atoms with Crippen LogP contribution in [0.3, 0.4) is 0 Å². The Morgan fingerprint density at radius 3 is 0.798 bits per heavy atom. The molecule has 0 fully saturated rings. The van der Waals surface area contributed by atoms with Crippen molar-refractivity contribution in [3.8, 4) is 0 Å². The molecule has 0 radical (unpaired) electrons. The smallest absolute Gasteiger partial charge is 0.462 e. The van der Waals surface area contributed by atoms with Gasteiger partial charge in [-0.05, 0) is 167 Å². The van der Waals surface area contributed by atoms with Crippen LogP contribution >= 0.6 is 15.6 Å². The molecule has 590 valence electrons. The summed E-state index contributed by atoms with van der Waals surface area (Å²) < 4.78 is 68.5. The maximum Gasteiger partial charge on any atom is 0.472 e. The first kappa shape index (κ1) is 98.4. The van der Waals surface area contributed by atoms with Crippen LogP contribution in [0.1, 0.15) is 285 Å². The Balaban J connectivity index is 5.44. The van der Waals surface area contributed by atoms with Gasteiger partial charge in [-0.2, -0.15) is 0 Å². The lowest BCUT2D eigenvalue weighted by Crippen LogP contribution is -2.30. The van der Waals surface area contributed by atoms with Crippen LogP contribution < -0.4 is 0 Å². The van der Waals surface area contributed by atoms with Crippen LogP contribution in [0.5, 0.6) is 0 Å². The molecule has 0 saturated carbocycles. The van der Waals surface area contributed by atoms with Crippen LogP contribution in [-0.4, -0.2) is 96.7 Å². The van der Waals surface area contributed by atoms with E-state index in [1.165, 1.54) is 0 Å². The molecule has 0 aromatic heterocycles. The van der Waals surface area contributed by atoms with Gasteiger partial charge in [-0.25, -0.2) is 9.13 Å². The Labute approximate surface area is 629 Å². The minimum absolute atomic E-state index is 0.0338. The summed E-state index contributed by atoms with van der Waals surface area (Å²) in [7, 11) is -10.00. The molecular formula is C85H138O17P2. The van der Waals surface area contributed by atoms with E-state index in [-0.39, 0.29) is 25.7 Å². The molecule has 0 aromatic rings. The van der Waals surface area contributed by atoms with Crippen LogP contribution in [0, 0.1) is 0 Å². The van der Waals surface area contributed by atoms with Gasteiger partial charge >= 0.3 is 39.5 Å². The predicted octanol–water partition coefficient (Wildman–Crippen LogP) is 23.0. The third-order valence-electron chi connectivity index (χ3n) is 15.6. The summed E-state index contributed by atoms with van der Waals surface area (Å²) in [5.41, 5.74) is 0. The van der Waals surface area contributed by atoms with Gasteiger partial charge in [0.1, 0.15) is 19.3 Å². The number of rotatable bonds is 72. The predicted molar refractivity (Wildman–Crippen MR) is 426 cm³/mol. The van der Waals surface area contributed by atoms with Crippen LogP contribution in [0.2, 0.25) is 0 Å². The van der Waals surface area contributed by atoms with Crippen molar-refractivity contribution in [2.75, 3.05) is 39.6 Å². The average molecular weight is 1490 g/mol. The molecule has 0 aliphatic carbocycles. The molecule has 0 heterocycles. The summed E-state index contributed by atoms with van der Waals surface area (Å²) in [5, 5.41) is 10.6. The molecule has 5 unspecified atom stereocenters. The zero-order valence-electron chi connectivity index (χ0n) is 64.4. The number of ether oxygens (including phenoxy) is 4. The van der Waals surface area contributed by atoms with E-state index in [4.69, 9.17) is 37.0 Å². The molecule has 0 aromatic carbocycles. The molecule has 0 amide bonds. The highest BCUT2D eigenvalue weighted by atomic mass is 31.2. The number of carbonyl (C=O) groups is 4. The van der Waals surface area contributed by atoms with Gasteiger partial charge in [-0.3, -0.25) is 37.3 Å². The van der Waals surface area contributed by atoms with E-state index in [0.29, 0.717) is 32.1 Å². The Kier molecular flexibility index (Phi) is 71.6. The zero-order valence-corrected chi connectivity index (χ0v) is 66.2. The molecular weight excluding hydrogens is 1350 g/mol. The van der Waals surface area contributed by atoms with E-state index in [0.717, 1.165) is 199 Å². The Bertz CT molecular complexity index is 2640. The van der Waals surface area contributed by atoms with E-state index in [1.807, 2.05) is 0 Å². The topological polar surface area (TPSA) is 237 Å². The number of unbranched alkanes of at least 4 members (excludes halogenated alkanes) is 18. The molecule has 19 heteroatoms. The summed E-state index contributed by atoms with van der Waals surface area (Å²) in [4.78, 5) is 73.0. The molecule has 0 spiro atoms. The van der Waals surface area contributed by atoms with Crippen molar-refractivity contribution < 1.29 is 80.2 Å². The van der Waals surface area contributed by atoms with E-state index in [1.54, 1.807) is 0 Å². The Morgan fingerprint density at radius 2 is 0.500 bits per heavy atom. The molecule has 17 nitrogen and oxygen atoms in total. The molecule has 5 atom stereocenters. The monoisotopic (exact) mass is 1490 g/mol. The number of esters is 4. The number of aliphatic hydroxyl groups is 1. The van der Waals surface area contributed by atoms with Gasteiger partial charge in [-0.1, -0.05) is 262 Å². The molecule has 0 aliphatic rings. The van der Waals surface area contributed by atoms with Crippen molar-refractivity contribution in [2.24, 2.45) is 0 Å². The number of aliphatic hydroxyl groups excluding tert-OH is 1. The van der Waals surface area contributed by atoms with Crippen LogP contribution in [0.4, 0.5) is 0 Å². The third kappa shape index (κ3) is 74.7. The number of phosphoric acid groups is 2. The van der Waals surface area contributed by atoms with Crippen molar-refractivity contribution in [3.63, 3.8) is 0 Å². The van der Waals surface area contributed by atoms with Gasteiger partial charge in [0.25, 0.3) is 0 Å². The molecule has 104 heavy (non-hydrogen) atoms. The molecule has 0 bridgehead atoms. The lowest BCUT2D eigenvalue weighted by molar-refractivity contribution is -0.161. The lowest BCUT2D eigenvalue weighted by Gasteiger charge is -2.21. The van der Waals surface area contributed by atoms with Gasteiger partial charge < -0.3 is 33.8 Å². The number of phosphoric ester groups is 2. The molecule has 3 N–H and O–H groups in total. The van der Waals surface area contributed by atoms with Gasteiger partial charge in [0.05, 0.1) is 26.4 Å². The standard InChI is InChI=1S/C85H138O17P2/c1-5-9-13-17-21-25-29-33-36-38-39-41-44-47-50-54-58-62-66-70-83(88)95-75-80(101-84(89)71-67-63-59-55-51-45-32-28-24-20-16-12-8-4)77-99-103(91,92)97-73-79(86)74-98-104(93,94)100-78-81(102-85(90)72-68-64-60-56-52-48-42-35-31-27-23-19-15-11-7-3)76-96-82(87)69-65-61-57-53-49-46-43-40-37-34-30-26-22-18-14-10-6-2/h9-11,13-16,20-23,25-28,32-37,39,41-42,47,50,52,56,79-81,86H,5-8,12,17-19,24,29-31,38,40,43-46,48-49,51,53-55,57-78H2,1-4H3,(H,91,92)(H,93,94)/b13-9-,14-10-,15-11-,20-16-,25-21-,26-22-,27-23-,32-28-,36-33-,37-34-,41-39-,42-35-,50-47-,56-52-. The first-order valence-electron chi connectivity index (χ1n) is 39.4.